The van der Waals surface area contributed by atoms with Gasteiger partial charge in [0.05, 0.1) is 4.90 Å². The van der Waals surface area contributed by atoms with Gasteiger partial charge in [0.1, 0.15) is 0 Å². The molecule has 2 aromatic rings. The average Bonchev–Trinajstić information content (AvgIpc) is 3.43. The van der Waals surface area contributed by atoms with Crippen LogP contribution in [0, 0.1) is 0 Å². The highest BCUT2D eigenvalue weighted by Gasteiger charge is 2.27. The minimum atomic E-state index is -3.49. The van der Waals surface area contributed by atoms with Gasteiger partial charge in [-0.3, -0.25) is 4.79 Å². The highest BCUT2D eigenvalue weighted by molar-refractivity contribution is 7.89. The Balaban J connectivity index is 1.59. The van der Waals surface area contributed by atoms with Crippen molar-refractivity contribution in [3.63, 3.8) is 0 Å². The van der Waals surface area contributed by atoms with Crippen LogP contribution in [-0.2, 0) is 16.6 Å². The summed E-state index contributed by atoms with van der Waals surface area (Å²) in [6, 6.07) is 14.0. The molecule has 1 fully saturated rings. The second kappa shape index (κ2) is 7.47. The van der Waals surface area contributed by atoms with Crippen LogP contribution in [0.4, 0.5) is 5.69 Å². The minimum Gasteiger partial charge on any atom is -0.378 e. The summed E-state index contributed by atoms with van der Waals surface area (Å²) in [5.41, 5.74) is 2.52. The molecule has 6 nitrogen and oxygen atoms in total. The van der Waals surface area contributed by atoms with Gasteiger partial charge >= 0.3 is 0 Å². The van der Waals surface area contributed by atoms with E-state index in [1.807, 2.05) is 43.3 Å². The number of rotatable bonds is 7. The molecule has 138 valence electrons. The topological polar surface area (TPSA) is 78.5 Å². The minimum absolute atomic E-state index is 0.0573. The SMILES string of the molecule is CN(C)c1ccc(CNC(=O)c2ccc(S(=O)(=O)NC3CC3)cc2)cc1. The maximum absolute atomic E-state index is 12.3. The largest absolute Gasteiger partial charge is 0.378 e. The number of nitrogens with zero attached hydrogens (tertiary/aromatic N) is 1. The second-order valence-electron chi connectivity index (χ2n) is 6.66. The van der Waals surface area contributed by atoms with E-state index < -0.39 is 10.0 Å². The van der Waals surface area contributed by atoms with Gasteiger partial charge in [0.15, 0.2) is 0 Å². The third-order valence-electron chi connectivity index (χ3n) is 4.23. The first-order chi connectivity index (χ1) is 12.3. The first-order valence-electron chi connectivity index (χ1n) is 8.52. The fourth-order valence-electron chi connectivity index (χ4n) is 2.47. The van der Waals surface area contributed by atoms with Crippen molar-refractivity contribution >= 4 is 21.6 Å². The summed E-state index contributed by atoms with van der Waals surface area (Å²) in [6.45, 7) is 0.413. The molecule has 1 aliphatic rings. The Morgan fingerprint density at radius 2 is 1.65 bits per heavy atom. The summed E-state index contributed by atoms with van der Waals surface area (Å²) in [7, 11) is 0.454. The molecule has 0 spiro atoms. The number of sulfonamides is 1. The summed E-state index contributed by atoms with van der Waals surface area (Å²) >= 11 is 0. The van der Waals surface area contributed by atoms with Gasteiger partial charge < -0.3 is 10.2 Å². The molecule has 2 aromatic carbocycles. The number of carbonyl (C=O) groups excluding carboxylic acids is 1. The Labute approximate surface area is 154 Å². The number of carbonyl (C=O) groups is 1. The molecule has 26 heavy (non-hydrogen) atoms. The predicted molar refractivity (Wildman–Crippen MR) is 102 cm³/mol. The Morgan fingerprint density at radius 1 is 1.04 bits per heavy atom. The van der Waals surface area contributed by atoms with Gasteiger partial charge in [0.25, 0.3) is 5.91 Å². The lowest BCUT2D eigenvalue weighted by Crippen LogP contribution is -2.26. The third kappa shape index (κ3) is 4.62. The zero-order valence-corrected chi connectivity index (χ0v) is 15.7. The zero-order chi connectivity index (χ0) is 18.7. The van der Waals surface area contributed by atoms with E-state index in [-0.39, 0.29) is 16.8 Å². The normalized spacial score (nSPS) is 14.1. The molecule has 0 bridgehead atoms. The Bertz CT molecular complexity index is 871. The quantitative estimate of drug-likeness (QED) is 0.779. The van der Waals surface area contributed by atoms with Gasteiger partial charge in [-0.05, 0) is 54.8 Å². The molecule has 2 N–H and O–H groups in total. The summed E-state index contributed by atoms with van der Waals surface area (Å²) in [5, 5.41) is 2.85. The lowest BCUT2D eigenvalue weighted by atomic mass is 10.2. The van der Waals surface area contributed by atoms with Gasteiger partial charge in [-0.1, -0.05) is 12.1 Å². The molecule has 0 atom stereocenters. The van der Waals surface area contributed by atoms with Crippen LogP contribution in [0.25, 0.3) is 0 Å². The summed E-state index contributed by atoms with van der Waals surface area (Å²) in [4.78, 5) is 14.4. The van der Waals surface area contributed by atoms with Crippen LogP contribution in [-0.4, -0.2) is 34.5 Å². The highest BCUT2D eigenvalue weighted by atomic mass is 32.2. The van der Waals surface area contributed by atoms with Crippen LogP contribution in [0.5, 0.6) is 0 Å². The monoisotopic (exact) mass is 373 g/mol. The molecule has 1 aliphatic carbocycles. The Hall–Kier alpha value is -2.38. The summed E-state index contributed by atoms with van der Waals surface area (Å²) < 4.78 is 26.9. The van der Waals surface area contributed by atoms with E-state index >= 15 is 0 Å². The lowest BCUT2D eigenvalue weighted by Gasteiger charge is -2.13. The van der Waals surface area contributed by atoms with Crippen LogP contribution in [0.15, 0.2) is 53.4 Å². The standard InChI is InChI=1S/C19H23N3O3S/c1-22(2)17-9-3-14(4-10-17)13-20-19(23)15-5-11-18(12-6-15)26(24,25)21-16-7-8-16/h3-6,9-12,16,21H,7-8,13H2,1-2H3,(H,20,23). The van der Waals surface area contributed by atoms with Crippen LogP contribution in [0.2, 0.25) is 0 Å². The average molecular weight is 373 g/mol. The van der Waals surface area contributed by atoms with E-state index in [0.29, 0.717) is 12.1 Å². The maximum atomic E-state index is 12.3. The number of hydrogen-bond acceptors (Lipinski definition) is 4. The van der Waals surface area contributed by atoms with Gasteiger partial charge in [-0.15, -0.1) is 0 Å². The van der Waals surface area contributed by atoms with Crippen LogP contribution < -0.4 is 14.9 Å². The van der Waals surface area contributed by atoms with E-state index in [1.54, 1.807) is 0 Å². The molecule has 7 heteroatoms. The molecule has 3 rings (SSSR count). The van der Waals surface area contributed by atoms with E-state index in [1.165, 1.54) is 24.3 Å². The van der Waals surface area contributed by atoms with E-state index in [0.717, 1.165) is 24.1 Å². The molecule has 1 amide bonds. The smallest absolute Gasteiger partial charge is 0.251 e. The van der Waals surface area contributed by atoms with Crippen molar-refractivity contribution in [2.24, 2.45) is 0 Å². The molecule has 0 saturated heterocycles. The molecule has 0 heterocycles. The lowest BCUT2D eigenvalue weighted by molar-refractivity contribution is 0.0951. The van der Waals surface area contributed by atoms with Crippen molar-refractivity contribution in [2.45, 2.75) is 30.3 Å². The van der Waals surface area contributed by atoms with Gasteiger partial charge in [0.2, 0.25) is 10.0 Å². The molecule has 0 unspecified atom stereocenters. The van der Waals surface area contributed by atoms with Crippen molar-refractivity contribution in [1.82, 2.24) is 10.0 Å². The summed E-state index contributed by atoms with van der Waals surface area (Å²) in [6.07, 6.45) is 1.77. The molecule has 0 radical (unpaired) electrons. The van der Waals surface area contributed by atoms with E-state index in [9.17, 15) is 13.2 Å². The van der Waals surface area contributed by atoms with Crippen molar-refractivity contribution in [3.8, 4) is 0 Å². The second-order valence-corrected chi connectivity index (χ2v) is 8.38. The van der Waals surface area contributed by atoms with E-state index in [2.05, 4.69) is 10.0 Å². The molecule has 0 aromatic heterocycles. The molecule has 1 saturated carbocycles. The zero-order valence-electron chi connectivity index (χ0n) is 14.9. The van der Waals surface area contributed by atoms with Crippen LogP contribution >= 0.6 is 0 Å². The van der Waals surface area contributed by atoms with Gasteiger partial charge in [0, 0.05) is 37.9 Å². The number of benzene rings is 2. The fraction of sp³-hybridized carbons (Fsp3) is 0.316. The number of hydrogen-bond donors (Lipinski definition) is 2. The number of amides is 1. The molecule has 0 aliphatic heterocycles. The Kier molecular flexibility index (Phi) is 5.29. The van der Waals surface area contributed by atoms with Crippen LogP contribution in [0.1, 0.15) is 28.8 Å². The van der Waals surface area contributed by atoms with Crippen LogP contribution in [0.3, 0.4) is 0 Å². The molecular weight excluding hydrogens is 350 g/mol. The maximum Gasteiger partial charge on any atom is 0.251 e. The molecular formula is C19H23N3O3S. The number of anilines is 1. The van der Waals surface area contributed by atoms with E-state index in [4.69, 9.17) is 0 Å². The predicted octanol–water partition coefficient (Wildman–Crippen LogP) is 2.12. The van der Waals surface area contributed by atoms with Crippen molar-refractivity contribution in [3.05, 3.63) is 59.7 Å². The summed E-state index contributed by atoms with van der Waals surface area (Å²) in [5.74, 6) is -0.235. The third-order valence-corrected chi connectivity index (χ3v) is 5.77. The van der Waals surface area contributed by atoms with Crippen molar-refractivity contribution in [2.75, 3.05) is 19.0 Å². The fourth-order valence-corrected chi connectivity index (χ4v) is 3.78. The van der Waals surface area contributed by atoms with Crippen molar-refractivity contribution in [1.29, 1.82) is 0 Å². The van der Waals surface area contributed by atoms with Crippen molar-refractivity contribution < 1.29 is 13.2 Å². The highest BCUT2D eigenvalue weighted by Crippen LogP contribution is 2.22. The Morgan fingerprint density at radius 3 is 2.19 bits per heavy atom. The van der Waals surface area contributed by atoms with Gasteiger partial charge in [-0.25, -0.2) is 13.1 Å². The first-order valence-corrected chi connectivity index (χ1v) is 10.0. The van der Waals surface area contributed by atoms with Gasteiger partial charge in [-0.2, -0.15) is 0 Å². The number of nitrogens with one attached hydrogen (secondary N) is 2. The first kappa shape index (κ1) is 18.4.